The first kappa shape index (κ1) is 29.0. The second-order valence-corrected chi connectivity index (χ2v) is 10.1. The Labute approximate surface area is 235 Å². The predicted molar refractivity (Wildman–Crippen MR) is 160 cm³/mol. The van der Waals surface area contributed by atoms with Crippen molar-refractivity contribution in [3.05, 3.63) is 76.2 Å². The Morgan fingerprint density at radius 3 is 2.65 bits per heavy atom. The van der Waals surface area contributed by atoms with Gasteiger partial charge in [-0.05, 0) is 87.1 Å². The third kappa shape index (κ3) is 6.85. The Morgan fingerprint density at radius 1 is 1.16 bits per heavy atom. The number of aromatic nitrogens is 2. The largest absolute Gasteiger partial charge is 0.494 e. The highest BCUT2D eigenvalue weighted by molar-refractivity contribution is 7.12. The molecule has 2 aromatic carbocycles. The van der Waals surface area contributed by atoms with Gasteiger partial charge in [0, 0.05) is 19.0 Å². The number of rotatable bonds is 9. The number of nitrogens with zero attached hydrogens (tertiary/aromatic N) is 4. The normalized spacial score (nSPS) is 15.9. The van der Waals surface area contributed by atoms with E-state index in [1.165, 1.54) is 24.9 Å². The molecule has 5 rings (SSSR count). The predicted octanol–water partition coefficient (Wildman–Crippen LogP) is 6.45. The van der Waals surface area contributed by atoms with Crippen LogP contribution in [0.25, 0.3) is 11.0 Å². The number of fused-ring (bicyclic) bond motifs is 1. The van der Waals surface area contributed by atoms with Crippen molar-refractivity contribution in [1.29, 1.82) is 0 Å². The number of imidazole rings is 1. The Hall–Kier alpha value is -2.58. The fourth-order valence-electron chi connectivity index (χ4n) is 4.92. The molecule has 0 aliphatic carbocycles. The minimum Gasteiger partial charge on any atom is -0.494 e. The summed E-state index contributed by atoms with van der Waals surface area (Å²) in [6.45, 7) is 4.83. The molecule has 1 saturated heterocycles. The lowest BCUT2D eigenvalue weighted by molar-refractivity contribution is 0.286. The van der Waals surface area contributed by atoms with Gasteiger partial charge in [0.2, 0.25) is 0 Å². The number of benzene rings is 2. The molecule has 9 heteroatoms. The second-order valence-electron chi connectivity index (χ2n) is 9.15. The number of aryl methyl sites for hydroxylation is 1. The van der Waals surface area contributed by atoms with Gasteiger partial charge in [0.15, 0.2) is 0 Å². The molecule has 0 saturated carbocycles. The molecule has 6 nitrogen and oxygen atoms in total. The molecule has 0 bridgehead atoms. The van der Waals surface area contributed by atoms with Crippen LogP contribution in [-0.4, -0.2) is 46.5 Å². The van der Waals surface area contributed by atoms with Crippen LogP contribution in [0.15, 0.2) is 65.0 Å². The van der Waals surface area contributed by atoms with E-state index in [1.807, 2.05) is 42.6 Å². The van der Waals surface area contributed by atoms with Gasteiger partial charge in [0.1, 0.15) is 17.4 Å². The van der Waals surface area contributed by atoms with Crippen LogP contribution in [0.1, 0.15) is 42.5 Å². The number of thiophene rings is 1. The first-order chi connectivity index (χ1) is 17.1. The van der Waals surface area contributed by atoms with Crippen LogP contribution in [0.4, 0.5) is 5.69 Å². The summed E-state index contributed by atoms with van der Waals surface area (Å²) in [6, 6.07) is 19.2. The third-order valence-corrected chi connectivity index (χ3v) is 7.68. The standard InChI is InChI=1S/C28H33N5OS.2ClH/c1-3-34-23-11-8-20(9-12-23)18-27-31-24-19-21(30-28(29)26-7-5-17-35-26)10-13-25(24)33(27)16-14-22-6-4-15-32(22)2;;/h5,7-13,17,19,22H,3-4,6,14-16,18H2,1-2H3,(H2,29,30);2*1H. The molecule has 1 aliphatic heterocycles. The van der Waals surface area contributed by atoms with Crippen LogP contribution >= 0.6 is 36.2 Å². The van der Waals surface area contributed by atoms with Gasteiger partial charge < -0.3 is 19.9 Å². The minimum atomic E-state index is 0. The van der Waals surface area contributed by atoms with Crippen molar-refractivity contribution in [2.45, 2.75) is 45.2 Å². The zero-order valence-electron chi connectivity index (χ0n) is 21.3. The van der Waals surface area contributed by atoms with E-state index in [0.29, 0.717) is 18.5 Å². The fraction of sp³-hybridized carbons (Fsp3) is 0.357. The maximum absolute atomic E-state index is 6.24. The molecule has 0 amide bonds. The first-order valence-electron chi connectivity index (χ1n) is 12.4. The number of halogens is 2. The Kier molecular flexibility index (Phi) is 10.4. The van der Waals surface area contributed by atoms with Gasteiger partial charge in [-0.15, -0.1) is 36.2 Å². The van der Waals surface area contributed by atoms with Crippen molar-refractivity contribution in [2.24, 2.45) is 10.7 Å². The van der Waals surface area contributed by atoms with Crippen LogP contribution < -0.4 is 10.5 Å². The van der Waals surface area contributed by atoms with E-state index in [4.69, 9.17) is 15.5 Å². The molecule has 2 aromatic heterocycles. The van der Waals surface area contributed by atoms with E-state index in [-0.39, 0.29) is 24.8 Å². The highest BCUT2D eigenvalue weighted by Gasteiger charge is 2.21. The van der Waals surface area contributed by atoms with Crippen LogP contribution in [0, 0.1) is 0 Å². The smallest absolute Gasteiger partial charge is 0.141 e. The minimum absolute atomic E-state index is 0. The average Bonchev–Trinajstić information content (AvgIpc) is 3.60. The summed E-state index contributed by atoms with van der Waals surface area (Å²) in [5.74, 6) is 2.52. The fourth-order valence-corrected chi connectivity index (χ4v) is 5.54. The maximum Gasteiger partial charge on any atom is 0.141 e. The first-order valence-corrected chi connectivity index (χ1v) is 13.3. The highest BCUT2D eigenvalue weighted by Crippen LogP contribution is 2.27. The van der Waals surface area contributed by atoms with Crippen molar-refractivity contribution in [2.75, 3.05) is 20.2 Å². The van der Waals surface area contributed by atoms with Gasteiger partial charge in [0.05, 0.1) is 28.2 Å². The summed E-state index contributed by atoms with van der Waals surface area (Å²) in [5.41, 5.74) is 10.4. The second kappa shape index (κ2) is 13.3. The molecular formula is C28H35Cl2N5OS. The SMILES string of the molecule is CCOc1ccc(Cc2nc3cc(N=C(N)c4cccs4)ccc3n2CCC2CCCN2C)cc1.Cl.Cl. The summed E-state index contributed by atoms with van der Waals surface area (Å²) >= 11 is 1.60. The lowest BCUT2D eigenvalue weighted by atomic mass is 10.1. The molecule has 1 atom stereocenters. The molecule has 4 aromatic rings. The molecule has 37 heavy (non-hydrogen) atoms. The van der Waals surface area contributed by atoms with Crippen molar-refractivity contribution >= 4 is 58.7 Å². The monoisotopic (exact) mass is 559 g/mol. The number of aliphatic imine (C=N–C) groups is 1. The topological polar surface area (TPSA) is 68.7 Å². The average molecular weight is 561 g/mol. The highest BCUT2D eigenvalue weighted by atomic mass is 35.5. The van der Waals surface area contributed by atoms with E-state index in [2.05, 4.69) is 45.8 Å². The van der Waals surface area contributed by atoms with Crippen LogP contribution in [0.3, 0.4) is 0 Å². The quantitative estimate of drug-likeness (QED) is 0.189. The molecule has 0 spiro atoms. The zero-order chi connectivity index (χ0) is 24.2. The molecule has 1 unspecified atom stereocenters. The van der Waals surface area contributed by atoms with Gasteiger partial charge in [0.25, 0.3) is 0 Å². The lowest BCUT2D eigenvalue weighted by Crippen LogP contribution is -2.26. The number of likely N-dealkylation sites (tertiary alicyclic amines) is 1. The van der Waals surface area contributed by atoms with Gasteiger partial charge >= 0.3 is 0 Å². The molecule has 198 valence electrons. The zero-order valence-corrected chi connectivity index (χ0v) is 23.7. The molecule has 0 radical (unpaired) electrons. The Morgan fingerprint density at radius 2 is 1.97 bits per heavy atom. The van der Waals surface area contributed by atoms with Crippen LogP contribution in [-0.2, 0) is 13.0 Å². The van der Waals surface area contributed by atoms with E-state index in [0.717, 1.165) is 52.6 Å². The van der Waals surface area contributed by atoms with Crippen LogP contribution in [0.5, 0.6) is 5.75 Å². The van der Waals surface area contributed by atoms with E-state index in [1.54, 1.807) is 11.3 Å². The van der Waals surface area contributed by atoms with Crippen molar-refractivity contribution in [3.8, 4) is 5.75 Å². The number of nitrogens with two attached hydrogens (primary N) is 1. The van der Waals surface area contributed by atoms with Gasteiger partial charge in [-0.1, -0.05) is 18.2 Å². The van der Waals surface area contributed by atoms with E-state index >= 15 is 0 Å². The number of hydrogen-bond acceptors (Lipinski definition) is 5. The summed E-state index contributed by atoms with van der Waals surface area (Å²) in [5, 5.41) is 2.01. The summed E-state index contributed by atoms with van der Waals surface area (Å²) < 4.78 is 8.01. The third-order valence-electron chi connectivity index (χ3n) is 6.79. The summed E-state index contributed by atoms with van der Waals surface area (Å²) in [4.78, 5) is 13.2. The van der Waals surface area contributed by atoms with Gasteiger partial charge in [-0.2, -0.15) is 0 Å². The Bertz CT molecular complexity index is 1300. The van der Waals surface area contributed by atoms with Crippen LogP contribution in [0.2, 0.25) is 0 Å². The number of amidine groups is 1. The maximum atomic E-state index is 6.24. The molecule has 1 fully saturated rings. The van der Waals surface area contributed by atoms with E-state index < -0.39 is 0 Å². The van der Waals surface area contributed by atoms with Crippen molar-refractivity contribution in [1.82, 2.24) is 14.5 Å². The number of hydrogen-bond donors (Lipinski definition) is 1. The Balaban J connectivity index is 0.00000190. The summed E-state index contributed by atoms with van der Waals surface area (Å²) in [7, 11) is 2.24. The molecular weight excluding hydrogens is 525 g/mol. The number of ether oxygens (including phenoxy) is 1. The summed E-state index contributed by atoms with van der Waals surface area (Å²) in [6.07, 6.45) is 4.47. The van der Waals surface area contributed by atoms with Crippen molar-refractivity contribution in [3.63, 3.8) is 0 Å². The molecule has 3 heterocycles. The molecule has 2 N–H and O–H groups in total. The van der Waals surface area contributed by atoms with E-state index in [9.17, 15) is 0 Å². The van der Waals surface area contributed by atoms with Gasteiger partial charge in [-0.25, -0.2) is 9.98 Å². The van der Waals surface area contributed by atoms with Gasteiger partial charge in [-0.3, -0.25) is 0 Å². The van der Waals surface area contributed by atoms with Crippen molar-refractivity contribution < 1.29 is 4.74 Å². The lowest BCUT2D eigenvalue weighted by Gasteiger charge is -2.20. The molecule has 1 aliphatic rings.